The minimum Gasteiger partial charge on any atom is -0.477 e. The third-order valence-corrected chi connectivity index (χ3v) is 3.59. The number of pyridine rings is 1. The summed E-state index contributed by atoms with van der Waals surface area (Å²) >= 11 is 0. The maximum absolute atomic E-state index is 12.3. The highest BCUT2D eigenvalue weighted by Crippen LogP contribution is 2.26. The van der Waals surface area contributed by atoms with Gasteiger partial charge < -0.3 is 10.0 Å². The molecule has 2 aliphatic heterocycles. The highest BCUT2D eigenvalue weighted by atomic mass is 16.4. The van der Waals surface area contributed by atoms with Gasteiger partial charge in [-0.05, 0) is 18.6 Å². The van der Waals surface area contributed by atoms with Gasteiger partial charge in [0.25, 0.3) is 5.91 Å². The van der Waals surface area contributed by atoms with Crippen molar-refractivity contribution >= 4 is 23.7 Å². The number of carbonyl (C=O) groups is 4. The number of piperidine rings is 1. The predicted molar refractivity (Wildman–Crippen MR) is 67.2 cm³/mol. The summed E-state index contributed by atoms with van der Waals surface area (Å²) in [4.78, 5) is 51.4. The van der Waals surface area contributed by atoms with Gasteiger partial charge in [-0.1, -0.05) is 0 Å². The SMILES string of the molecule is O=C1CCC(N2Cc3nc(C(=O)O)ccc3C2=O)C(=O)N1. The van der Waals surface area contributed by atoms with E-state index in [1.807, 2.05) is 0 Å². The number of carboxylic acids is 1. The summed E-state index contributed by atoms with van der Waals surface area (Å²) in [6.07, 6.45) is 0.431. The number of fused-ring (bicyclic) bond motifs is 1. The van der Waals surface area contributed by atoms with E-state index in [2.05, 4.69) is 10.3 Å². The molecule has 0 radical (unpaired) electrons. The molecule has 3 heterocycles. The van der Waals surface area contributed by atoms with Gasteiger partial charge in [-0.3, -0.25) is 19.7 Å². The molecule has 0 aliphatic carbocycles. The lowest BCUT2D eigenvalue weighted by Gasteiger charge is -2.29. The van der Waals surface area contributed by atoms with E-state index in [1.54, 1.807) is 0 Å². The normalized spacial score (nSPS) is 21.2. The molecule has 21 heavy (non-hydrogen) atoms. The zero-order chi connectivity index (χ0) is 15.1. The summed E-state index contributed by atoms with van der Waals surface area (Å²) in [6, 6.07) is 1.94. The van der Waals surface area contributed by atoms with Crippen LogP contribution >= 0.6 is 0 Å². The second kappa shape index (κ2) is 4.65. The van der Waals surface area contributed by atoms with Crippen molar-refractivity contribution in [1.29, 1.82) is 0 Å². The molecular weight excluding hydrogens is 278 g/mol. The fourth-order valence-electron chi connectivity index (χ4n) is 2.55. The van der Waals surface area contributed by atoms with E-state index >= 15 is 0 Å². The van der Waals surface area contributed by atoms with E-state index in [0.717, 1.165) is 0 Å². The Morgan fingerprint density at radius 1 is 1.33 bits per heavy atom. The molecule has 2 N–H and O–H groups in total. The topological polar surface area (TPSA) is 117 Å². The molecule has 1 aromatic rings. The fourth-order valence-corrected chi connectivity index (χ4v) is 2.55. The lowest BCUT2D eigenvalue weighted by atomic mass is 10.0. The number of nitrogens with one attached hydrogen (secondary N) is 1. The monoisotopic (exact) mass is 289 g/mol. The Balaban J connectivity index is 1.88. The highest BCUT2D eigenvalue weighted by molar-refractivity contribution is 6.05. The lowest BCUT2D eigenvalue weighted by Crippen LogP contribution is -2.52. The number of nitrogens with zero attached hydrogens (tertiary/aromatic N) is 2. The van der Waals surface area contributed by atoms with Gasteiger partial charge in [0.1, 0.15) is 11.7 Å². The molecular formula is C13H11N3O5. The van der Waals surface area contributed by atoms with Crippen molar-refractivity contribution in [2.24, 2.45) is 0 Å². The van der Waals surface area contributed by atoms with Gasteiger partial charge in [0.15, 0.2) is 0 Å². The molecule has 0 saturated carbocycles. The van der Waals surface area contributed by atoms with Crippen molar-refractivity contribution < 1.29 is 24.3 Å². The largest absolute Gasteiger partial charge is 0.477 e. The first-order chi connectivity index (χ1) is 9.97. The third-order valence-electron chi connectivity index (χ3n) is 3.59. The zero-order valence-corrected chi connectivity index (χ0v) is 10.8. The Kier molecular flexibility index (Phi) is 2.93. The van der Waals surface area contributed by atoms with E-state index in [4.69, 9.17) is 5.11 Å². The second-order valence-electron chi connectivity index (χ2n) is 4.90. The first-order valence-corrected chi connectivity index (χ1v) is 6.35. The average molecular weight is 289 g/mol. The van der Waals surface area contributed by atoms with Crippen LogP contribution in [0.4, 0.5) is 0 Å². The van der Waals surface area contributed by atoms with Gasteiger partial charge in [-0.15, -0.1) is 0 Å². The molecule has 0 spiro atoms. The molecule has 2 aliphatic rings. The highest BCUT2D eigenvalue weighted by Gasteiger charge is 2.39. The summed E-state index contributed by atoms with van der Waals surface area (Å²) in [5.41, 5.74) is 0.487. The number of hydrogen-bond donors (Lipinski definition) is 2. The maximum Gasteiger partial charge on any atom is 0.354 e. The minimum absolute atomic E-state index is 0.0710. The van der Waals surface area contributed by atoms with Crippen LogP contribution in [-0.2, 0) is 16.1 Å². The number of imide groups is 1. The van der Waals surface area contributed by atoms with Gasteiger partial charge in [0.2, 0.25) is 11.8 Å². The van der Waals surface area contributed by atoms with E-state index in [-0.39, 0.29) is 36.9 Å². The quantitative estimate of drug-likeness (QED) is 0.712. The standard InChI is InChI=1S/C13H11N3O5/c17-10-4-3-9(11(18)15-10)16-5-8-6(12(16)19)1-2-7(14-8)13(20)21/h1-2,9H,3-5H2,(H,20,21)(H,15,17,18). The smallest absolute Gasteiger partial charge is 0.354 e. The first-order valence-electron chi connectivity index (χ1n) is 6.35. The van der Waals surface area contributed by atoms with Crippen LogP contribution in [-0.4, -0.2) is 44.7 Å². The van der Waals surface area contributed by atoms with Gasteiger partial charge in [-0.2, -0.15) is 0 Å². The van der Waals surface area contributed by atoms with Crippen LogP contribution in [0.3, 0.4) is 0 Å². The lowest BCUT2D eigenvalue weighted by molar-refractivity contribution is -0.136. The number of amides is 3. The molecule has 3 amide bonds. The van der Waals surface area contributed by atoms with Gasteiger partial charge in [0.05, 0.1) is 17.8 Å². The number of hydrogen-bond acceptors (Lipinski definition) is 5. The van der Waals surface area contributed by atoms with E-state index in [9.17, 15) is 19.2 Å². The van der Waals surface area contributed by atoms with Crippen LogP contribution in [0.25, 0.3) is 0 Å². The molecule has 1 saturated heterocycles. The number of aromatic nitrogens is 1. The first kappa shape index (κ1) is 13.2. The molecule has 108 valence electrons. The molecule has 8 nitrogen and oxygen atoms in total. The third kappa shape index (κ3) is 2.14. The Morgan fingerprint density at radius 2 is 2.10 bits per heavy atom. The summed E-state index contributed by atoms with van der Waals surface area (Å²) in [7, 11) is 0. The fraction of sp³-hybridized carbons (Fsp3) is 0.308. The summed E-state index contributed by atoms with van der Waals surface area (Å²) in [5, 5.41) is 11.1. The molecule has 1 fully saturated rings. The van der Waals surface area contributed by atoms with Crippen LogP contribution < -0.4 is 5.32 Å². The summed E-state index contributed by atoms with van der Waals surface area (Å²) in [6.45, 7) is 0.0710. The molecule has 1 atom stereocenters. The summed E-state index contributed by atoms with van der Waals surface area (Å²) in [5.74, 6) is -2.41. The van der Waals surface area contributed by atoms with Crippen LogP contribution in [0.1, 0.15) is 39.4 Å². The molecule has 1 aromatic heterocycles. The maximum atomic E-state index is 12.3. The average Bonchev–Trinajstić information content (AvgIpc) is 2.75. The van der Waals surface area contributed by atoms with Crippen molar-refractivity contribution in [3.05, 3.63) is 29.1 Å². The van der Waals surface area contributed by atoms with Crippen molar-refractivity contribution in [1.82, 2.24) is 15.2 Å². The van der Waals surface area contributed by atoms with E-state index < -0.39 is 17.9 Å². The number of aromatic carboxylic acids is 1. The van der Waals surface area contributed by atoms with Crippen molar-refractivity contribution in [3.8, 4) is 0 Å². The van der Waals surface area contributed by atoms with Crippen LogP contribution in [0, 0.1) is 0 Å². The van der Waals surface area contributed by atoms with Gasteiger partial charge >= 0.3 is 5.97 Å². The zero-order valence-electron chi connectivity index (χ0n) is 10.8. The molecule has 3 rings (SSSR count). The molecule has 0 aromatic carbocycles. The van der Waals surface area contributed by atoms with Crippen LogP contribution in [0.15, 0.2) is 12.1 Å². The Morgan fingerprint density at radius 3 is 2.76 bits per heavy atom. The van der Waals surface area contributed by atoms with Crippen molar-refractivity contribution in [3.63, 3.8) is 0 Å². The van der Waals surface area contributed by atoms with Crippen molar-refractivity contribution in [2.75, 3.05) is 0 Å². The molecule has 1 unspecified atom stereocenters. The molecule has 8 heteroatoms. The van der Waals surface area contributed by atoms with E-state index in [1.165, 1.54) is 17.0 Å². The second-order valence-corrected chi connectivity index (χ2v) is 4.90. The summed E-state index contributed by atoms with van der Waals surface area (Å²) < 4.78 is 0. The Labute approximate surface area is 118 Å². The van der Waals surface area contributed by atoms with Gasteiger partial charge in [-0.25, -0.2) is 9.78 Å². The van der Waals surface area contributed by atoms with Crippen molar-refractivity contribution in [2.45, 2.75) is 25.4 Å². The number of rotatable bonds is 2. The molecule has 0 bridgehead atoms. The Bertz CT molecular complexity index is 684. The van der Waals surface area contributed by atoms with Crippen LogP contribution in [0.5, 0.6) is 0 Å². The van der Waals surface area contributed by atoms with Crippen LogP contribution in [0.2, 0.25) is 0 Å². The minimum atomic E-state index is -1.18. The Hall–Kier alpha value is -2.77. The number of carbonyl (C=O) groups excluding carboxylic acids is 3. The van der Waals surface area contributed by atoms with Gasteiger partial charge in [0, 0.05) is 6.42 Å². The van der Waals surface area contributed by atoms with E-state index in [0.29, 0.717) is 11.3 Å². The predicted octanol–water partition coefficient (Wildman–Crippen LogP) is -0.459. The number of carboxylic acid groups (broad SMARTS) is 1.